The standard InChI is InChI=1S/C47H70O18/c1-10-11-12-13-14-15-38(51)63-42-31(21-40(53)59-9)25-45(55)27-36(28(2)48)62-41(54)23-32(50)22-34-24-37(60-29(3)49)44(6,7)46(56,64-34)26-35-19-30(20-39(52)58-8)18-33(61-35)16-17-43(4,5)47(42,57)65-45/h12-17,20,28,31-37,42,48,50,55-57H,10-11,18-19,21-27H2,1-9H3/b13-12+,15-14+,17-16+,30-20+/t28-,31?,32-,33+,34-,35+,36-,37+,42+,45+,46+,47?/m1/s1. The van der Waals surface area contributed by atoms with E-state index in [1.807, 2.05) is 13.0 Å². The number of unbranched alkanes of at least 4 members (excludes halogenated alkanes) is 1. The summed E-state index contributed by atoms with van der Waals surface area (Å²) in [6.07, 6.45) is 0.0179. The molecule has 0 amide bonds. The lowest BCUT2D eigenvalue weighted by molar-refractivity contribution is -0.424. The van der Waals surface area contributed by atoms with Crippen molar-refractivity contribution < 1.29 is 87.4 Å². The van der Waals surface area contributed by atoms with Crippen molar-refractivity contribution in [1.82, 2.24) is 0 Å². The monoisotopic (exact) mass is 922 g/mol. The third-order valence-corrected chi connectivity index (χ3v) is 12.8. The van der Waals surface area contributed by atoms with Gasteiger partial charge in [0.05, 0.1) is 63.0 Å². The molecule has 0 spiro atoms. The molecule has 3 fully saturated rings. The number of carbonyl (C=O) groups excluding carboxylic acids is 5. The fourth-order valence-electron chi connectivity index (χ4n) is 9.01. The van der Waals surface area contributed by atoms with E-state index < -0.39 is 138 Å². The maximum atomic E-state index is 13.5. The molecular weight excluding hydrogens is 852 g/mol. The van der Waals surface area contributed by atoms with Crippen LogP contribution >= 0.6 is 0 Å². The molecule has 6 bridgehead atoms. The van der Waals surface area contributed by atoms with Gasteiger partial charge in [0.2, 0.25) is 5.79 Å². The molecular formula is C47H70O18. The molecule has 0 aromatic heterocycles. The molecule has 4 rings (SSSR count). The third kappa shape index (κ3) is 13.8. The number of rotatable bonds is 10. The highest BCUT2D eigenvalue weighted by Gasteiger charge is 2.63. The van der Waals surface area contributed by atoms with Crippen molar-refractivity contribution in [2.75, 3.05) is 14.2 Å². The van der Waals surface area contributed by atoms with Gasteiger partial charge in [0.15, 0.2) is 17.7 Å². The van der Waals surface area contributed by atoms with E-state index in [9.17, 15) is 49.5 Å². The highest BCUT2D eigenvalue weighted by molar-refractivity contribution is 5.83. The van der Waals surface area contributed by atoms with Gasteiger partial charge in [-0.3, -0.25) is 14.4 Å². The number of hydrogen-bond donors (Lipinski definition) is 5. The maximum Gasteiger partial charge on any atom is 0.331 e. The lowest BCUT2D eigenvalue weighted by atomic mass is 9.70. The lowest BCUT2D eigenvalue weighted by Crippen LogP contribution is -2.68. The summed E-state index contributed by atoms with van der Waals surface area (Å²) in [7, 11) is 2.37. The zero-order chi connectivity index (χ0) is 48.5. The summed E-state index contributed by atoms with van der Waals surface area (Å²) in [6, 6.07) is 0. The average molecular weight is 923 g/mol. The van der Waals surface area contributed by atoms with Crippen LogP contribution in [0, 0.1) is 16.7 Å². The van der Waals surface area contributed by atoms with Crippen LogP contribution in [0.2, 0.25) is 0 Å². The Labute approximate surface area is 380 Å². The van der Waals surface area contributed by atoms with E-state index in [-0.39, 0.29) is 32.1 Å². The molecule has 0 aromatic rings. The number of fused-ring (bicyclic) bond motifs is 6. The van der Waals surface area contributed by atoms with Crippen LogP contribution in [-0.2, 0) is 61.9 Å². The van der Waals surface area contributed by atoms with Gasteiger partial charge in [0.25, 0.3) is 0 Å². The Balaban J connectivity index is 1.90. The van der Waals surface area contributed by atoms with E-state index in [2.05, 4.69) is 0 Å². The molecule has 18 heteroatoms. The summed E-state index contributed by atoms with van der Waals surface area (Å²) in [5.74, 6) is -12.4. The van der Waals surface area contributed by atoms with Crippen molar-refractivity contribution in [3.8, 4) is 0 Å². The van der Waals surface area contributed by atoms with Crippen LogP contribution in [0.25, 0.3) is 0 Å². The molecule has 5 N–H and O–H groups in total. The van der Waals surface area contributed by atoms with Crippen LogP contribution in [0.15, 0.2) is 48.1 Å². The Morgan fingerprint density at radius 1 is 0.923 bits per heavy atom. The number of carbonyl (C=O) groups is 5. The molecule has 4 aliphatic heterocycles. The largest absolute Gasteiger partial charge is 0.469 e. The number of cyclic esters (lactones) is 1. The summed E-state index contributed by atoms with van der Waals surface area (Å²) in [6.45, 7) is 10.9. The molecule has 65 heavy (non-hydrogen) atoms. The Kier molecular flexibility index (Phi) is 18.3. The van der Waals surface area contributed by atoms with Crippen molar-refractivity contribution in [2.45, 2.75) is 185 Å². The van der Waals surface area contributed by atoms with Gasteiger partial charge in [0.1, 0.15) is 12.2 Å². The highest BCUT2D eigenvalue weighted by Crippen LogP contribution is 2.52. The summed E-state index contributed by atoms with van der Waals surface area (Å²) in [5, 5.41) is 60.0. The van der Waals surface area contributed by atoms with Crippen molar-refractivity contribution >= 4 is 29.8 Å². The maximum absolute atomic E-state index is 13.5. The number of aliphatic hydroxyl groups is 5. The summed E-state index contributed by atoms with van der Waals surface area (Å²) in [5.41, 5.74) is -2.36. The molecule has 0 aromatic carbocycles. The minimum atomic E-state index is -2.68. The summed E-state index contributed by atoms with van der Waals surface area (Å²) in [4.78, 5) is 64.9. The van der Waals surface area contributed by atoms with Gasteiger partial charge in [-0.2, -0.15) is 0 Å². The van der Waals surface area contributed by atoms with Gasteiger partial charge in [-0.25, -0.2) is 9.59 Å². The first kappa shape index (κ1) is 53.6. The van der Waals surface area contributed by atoms with Crippen molar-refractivity contribution in [3.63, 3.8) is 0 Å². The van der Waals surface area contributed by atoms with Crippen LogP contribution < -0.4 is 0 Å². The van der Waals surface area contributed by atoms with Gasteiger partial charge in [0, 0.05) is 62.5 Å². The Morgan fingerprint density at radius 3 is 2.26 bits per heavy atom. The van der Waals surface area contributed by atoms with Crippen LogP contribution in [-0.4, -0.2) is 136 Å². The highest BCUT2D eigenvalue weighted by atomic mass is 16.7. The number of aliphatic hydroxyl groups excluding tert-OH is 2. The summed E-state index contributed by atoms with van der Waals surface area (Å²) >= 11 is 0. The van der Waals surface area contributed by atoms with E-state index in [0.29, 0.717) is 5.57 Å². The average Bonchev–Trinajstić information content (AvgIpc) is 3.19. The second-order valence-electron chi connectivity index (χ2n) is 18.9. The Bertz CT molecular complexity index is 1820. The molecule has 12 atom stereocenters. The molecule has 0 radical (unpaired) electrons. The first-order chi connectivity index (χ1) is 30.3. The second kappa shape index (κ2) is 22.2. The number of hydrogen-bond acceptors (Lipinski definition) is 18. The molecule has 366 valence electrons. The zero-order valence-corrected chi connectivity index (χ0v) is 39.1. The predicted molar refractivity (Wildman–Crippen MR) is 230 cm³/mol. The van der Waals surface area contributed by atoms with E-state index >= 15 is 0 Å². The molecule has 0 aliphatic carbocycles. The first-order valence-electron chi connectivity index (χ1n) is 22.3. The van der Waals surface area contributed by atoms with Gasteiger partial charge in [-0.15, -0.1) is 0 Å². The number of allylic oxidation sites excluding steroid dienone is 3. The normalized spacial score (nSPS) is 37.1. The number of ether oxygens (including phenoxy) is 8. The SMILES string of the molecule is CCC/C=C/C=C/C(=O)O[C@H]1C(CC(=O)OC)C[C@@]2(O)C[C@H]([C@@H](C)O)OC(=O)C[C@H](O)C[C@@H]3C[C@H](OC(C)=O)C(C)(C)[C@](O)(C[C@@H]4C/C(=C/C(=O)OC)C[C@H](/C=C/C(C)(C)C1(O)O2)O4)O3. The Hall–Kier alpha value is -4.01. The van der Waals surface area contributed by atoms with E-state index in [0.717, 1.165) is 26.0 Å². The molecule has 0 saturated carbocycles. The Morgan fingerprint density at radius 2 is 1.63 bits per heavy atom. The van der Waals surface area contributed by atoms with E-state index in [1.165, 1.54) is 53.0 Å². The smallest absolute Gasteiger partial charge is 0.331 e. The molecule has 2 unspecified atom stereocenters. The summed E-state index contributed by atoms with van der Waals surface area (Å²) < 4.78 is 46.4. The van der Waals surface area contributed by atoms with Crippen molar-refractivity contribution in [1.29, 1.82) is 0 Å². The van der Waals surface area contributed by atoms with Crippen LogP contribution in [0.1, 0.15) is 119 Å². The minimum Gasteiger partial charge on any atom is -0.469 e. The van der Waals surface area contributed by atoms with Crippen LogP contribution in [0.5, 0.6) is 0 Å². The lowest BCUT2D eigenvalue weighted by Gasteiger charge is -2.55. The zero-order valence-electron chi connectivity index (χ0n) is 39.1. The number of esters is 5. The van der Waals surface area contributed by atoms with Gasteiger partial charge < -0.3 is 63.4 Å². The molecule has 4 aliphatic rings. The van der Waals surface area contributed by atoms with Crippen LogP contribution in [0.3, 0.4) is 0 Å². The molecule has 4 heterocycles. The minimum absolute atomic E-state index is 0.0411. The van der Waals surface area contributed by atoms with Gasteiger partial charge in [-0.1, -0.05) is 77.0 Å². The predicted octanol–water partition coefficient (Wildman–Crippen LogP) is 3.68. The van der Waals surface area contributed by atoms with Crippen molar-refractivity contribution in [2.24, 2.45) is 16.7 Å². The van der Waals surface area contributed by atoms with Gasteiger partial charge >= 0.3 is 29.8 Å². The van der Waals surface area contributed by atoms with E-state index in [1.54, 1.807) is 26.0 Å². The quantitative estimate of drug-likeness (QED) is 0.0688. The van der Waals surface area contributed by atoms with Crippen LogP contribution in [0.4, 0.5) is 0 Å². The van der Waals surface area contributed by atoms with Crippen molar-refractivity contribution in [3.05, 3.63) is 48.1 Å². The second-order valence-corrected chi connectivity index (χ2v) is 18.9. The van der Waals surface area contributed by atoms with E-state index in [4.69, 9.17) is 37.9 Å². The fourth-order valence-corrected chi connectivity index (χ4v) is 9.01. The third-order valence-electron chi connectivity index (χ3n) is 12.8. The molecule has 3 saturated heterocycles. The topological polar surface area (TPSA) is 260 Å². The number of methoxy groups -OCH3 is 2. The van der Waals surface area contributed by atoms with Gasteiger partial charge in [-0.05, 0) is 26.2 Å². The molecule has 18 nitrogen and oxygen atoms in total. The first-order valence-corrected chi connectivity index (χ1v) is 22.3. The fraction of sp³-hybridized carbons (Fsp3) is 0.723.